The molecule has 6 nitrogen and oxygen atoms in total. The number of nitrogens with one attached hydrogen (secondary N) is 1. The van der Waals surface area contributed by atoms with E-state index in [4.69, 9.17) is 15.0 Å². The van der Waals surface area contributed by atoms with Gasteiger partial charge in [0.05, 0.1) is 24.0 Å². The Balaban J connectivity index is 1.31. The van der Waals surface area contributed by atoms with E-state index < -0.39 is 0 Å². The van der Waals surface area contributed by atoms with Crippen molar-refractivity contribution in [3.63, 3.8) is 0 Å². The van der Waals surface area contributed by atoms with Crippen LogP contribution in [-0.2, 0) is 6.54 Å². The Morgan fingerprint density at radius 2 is 1.97 bits per heavy atom. The van der Waals surface area contributed by atoms with E-state index in [1.807, 2.05) is 12.1 Å². The lowest BCUT2D eigenvalue weighted by atomic mass is 10.1. The van der Waals surface area contributed by atoms with E-state index in [0.29, 0.717) is 16.1 Å². The van der Waals surface area contributed by atoms with Crippen LogP contribution in [0.2, 0.25) is 0 Å². The summed E-state index contributed by atoms with van der Waals surface area (Å²) in [5, 5.41) is 12.9. The van der Waals surface area contributed by atoms with Crippen molar-refractivity contribution in [2.24, 2.45) is 0 Å². The quantitative estimate of drug-likeness (QED) is 0.494. The molecule has 3 heterocycles. The number of benzene rings is 1. The van der Waals surface area contributed by atoms with E-state index in [2.05, 4.69) is 51.6 Å². The number of thiazole rings is 1. The normalized spacial score (nSPS) is 19.2. The number of rotatable bonds is 7. The molecule has 3 aromatic rings. The third kappa shape index (κ3) is 4.77. The van der Waals surface area contributed by atoms with Gasteiger partial charge in [-0.2, -0.15) is 5.26 Å². The van der Waals surface area contributed by atoms with Crippen LogP contribution in [0.3, 0.4) is 0 Å². The monoisotopic (exact) mass is 445 g/mol. The second kappa shape index (κ2) is 9.68. The molecule has 1 aromatic carbocycles. The Hall–Kier alpha value is -2.95. The fourth-order valence-corrected chi connectivity index (χ4v) is 5.32. The number of hydrogen-bond donors (Lipinski definition) is 1. The largest absolute Gasteiger partial charge is 0.490 e. The number of likely N-dealkylation sites (tertiary alicyclic amines) is 1. The van der Waals surface area contributed by atoms with Gasteiger partial charge in [-0.3, -0.25) is 4.90 Å². The Labute approximate surface area is 192 Å². The number of nitrogens with zero attached hydrogens (tertiary/aromatic N) is 4. The van der Waals surface area contributed by atoms with Gasteiger partial charge in [0.15, 0.2) is 5.13 Å². The summed E-state index contributed by atoms with van der Waals surface area (Å²) in [5.74, 6) is 1.80. The molecule has 5 rings (SSSR count). The standard InChI is InChI=1S/C25H27N5OS/c26-15-20-16-27-25(32-20)29-24-13-5-10-21(28-24)22-11-6-14-30(22)17-18-7-1-4-12-23(18)31-19-8-2-3-9-19/h1,4-5,7,10,12-13,16,19,22H,2-3,6,8-9,11,14,17H2,(H,27,28,29)/t22-/m0/s1. The first-order valence-electron chi connectivity index (χ1n) is 11.4. The molecule has 1 N–H and O–H groups in total. The van der Waals surface area contributed by atoms with E-state index in [1.165, 1.54) is 42.6 Å². The molecule has 1 saturated heterocycles. The summed E-state index contributed by atoms with van der Waals surface area (Å²) in [6, 6.07) is 17.0. The van der Waals surface area contributed by atoms with Crippen molar-refractivity contribution in [2.45, 2.75) is 57.2 Å². The molecule has 0 amide bonds. The molecule has 0 spiro atoms. The maximum atomic E-state index is 9.02. The van der Waals surface area contributed by atoms with E-state index in [0.717, 1.165) is 43.2 Å². The van der Waals surface area contributed by atoms with Gasteiger partial charge in [-0.25, -0.2) is 9.97 Å². The van der Waals surface area contributed by atoms with Crippen LogP contribution in [0.4, 0.5) is 10.9 Å². The number of aromatic nitrogens is 2. The molecule has 0 radical (unpaired) electrons. The predicted octanol–water partition coefficient (Wildman–Crippen LogP) is 5.81. The Bertz CT molecular complexity index is 1100. The molecular weight excluding hydrogens is 418 g/mol. The minimum Gasteiger partial charge on any atom is -0.490 e. The molecule has 1 aliphatic carbocycles. The summed E-state index contributed by atoms with van der Waals surface area (Å²) < 4.78 is 6.37. The lowest BCUT2D eigenvalue weighted by Crippen LogP contribution is -2.24. The number of pyridine rings is 1. The lowest BCUT2D eigenvalue weighted by molar-refractivity contribution is 0.198. The fraction of sp³-hybridized carbons (Fsp3) is 0.400. The van der Waals surface area contributed by atoms with Crippen molar-refractivity contribution in [2.75, 3.05) is 11.9 Å². The second-order valence-electron chi connectivity index (χ2n) is 8.47. The average molecular weight is 446 g/mol. The molecule has 2 aliphatic rings. The van der Waals surface area contributed by atoms with Crippen LogP contribution < -0.4 is 10.1 Å². The van der Waals surface area contributed by atoms with Crippen molar-refractivity contribution >= 4 is 22.3 Å². The van der Waals surface area contributed by atoms with Gasteiger partial charge in [0.2, 0.25) is 0 Å². The predicted molar refractivity (Wildman–Crippen MR) is 126 cm³/mol. The van der Waals surface area contributed by atoms with Gasteiger partial charge >= 0.3 is 0 Å². The molecule has 164 valence electrons. The van der Waals surface area contributed by atoms with E-state index >= 15 is 0 Å². The number of hydrogen-bond acceptors (Lipinski definition) is 7. The second-order valence-corrected chi connectivity index (χ2v) is 9.51. The van der Waals surface area contributed by atoms with Crippen molar-refractivity contribution < 1.29 is 4.74 Å². The molecule has 0 bridgehead atoms. The summed E-state index contributed by atoms with van der Waals surface area (Å²) in [7, 11) is 0. The van der Waals surface area contributed by atoms with Crippen LogP contribution in [0.5, 0.6) is 5.75 Å². The molecule has 1 atom stereocenters. The molecule has 2 fully saturated rings. The van der Waals surface area contributed by atoms with Gasteiger partial charge < -0.3 is 10.1 Å². The third-order valence-corrected chi connectivity index (χ3v) is 7.09. The van der Waals surface area contributed by atoms with Crippen LogP contribution in [0.25, 0.3) is 0 Å². The van der Waals surface area contributed by atoms with Crippen molar-refractivity contribution in [1.29, 1.82) is 5.26 Å². The van der Waals surface area contributed by atoms with Crippen molar-refractivity contribution in [1.82, 2.24) is 14.9 Å². The minimum atomic E-state index is 0.280. The highest BCUT2D eigenvalue weighted by molar-refractivity contribution is 7.16. The van der Waals surface area contributed by atoms with Gasteiger partial charge in [-0.1, -0.05) is 35.6 Å². The molecule has 32 heavy (non-hydrogen) atoms. The maximum Gasteiger partial charge on any atom is 0.189 e. The Morgan fingerprint density at radius 3 is 2.81 bits per heavy atom. The van der Waals surface area contributed by atoms with Gasteiger partial charge in [0.25, 0.3) is 0 Å². The summed E-state index contributed by atoms with van der Waals surface area (Å²) >= 11 is 1.33. The van der Waals surface area contributed by atoms with Crippen LogP contribution in [0.15, 0.2) is 48.7 Å². The summed E-state index contributed by atoms with van der Waals surface area (Å²) in [6.45, 7) is 1.92. The first kappa shape index (κ1) is 20.9. The van der Waals surface area contributed by atoms with Crippen LogP contribution in [0.1, 0.15) is 60.7 Å². The highest BCUT2D eigenvalue weighted by Gasteiger charge is 2.28. The third-order valence-electron chi connectivity index (χ3n) is 6.27. The van der Waals surface area contributed by atoms with Crippen molar-refractivity contribution in [3.05, 3.63) is 64.8 Å². The Kier molecular flexibility index (Phi) is 6.33. The van der Waals surface area contributed by atoms with Gasteiger partial charge in [-0.05, 0) is 63.3 Å². The van der Waals surface area contributed by atoms with E-state index in [9.17, 15) is 0 Å². The lowest BCUT2D eigenvalue weighted by Gasteiger charge is -2.26. The smallest absolute Gasteiger partial charge is 0.189 e. The van der Waals surface area contributed by atoms with Gasteiger partial charge in [0, 0.05) is 12.1 Å². The summed E-state index contributed by atoms with van der Waals surface area (Å²) in [5.41, 5.74) is 2.33. The zero-order chi connectivity index (χ0) is 21.8. The van der Waals surface area contributed by atoms with E-state index in [-0.39, 0.29) is 6.04 Å². The van der Waals surface area contributed by atoms with Crippen molar-refractivity contribution in [3.8, 4) is 11.8 Å². The molecule has 0 unspecified atom stereocenters. The maximum absolute atomic E-state index is 9.02. The first-order chi connectivity index (χ1) is 15.8. The fourth-order valence-electron chi connectivity index (χ4n) is 4.70. The summed E-state index contributed by atoms with van der Waals surface area (Å²) in [6.07, 6.45) is 9.08. The van der Waals surface area contributed by atoms with Gasteiger partial charge in [-0.15, -0.1) is 0 Å². The zero-order valence-corrected chi connectivity index (χ0v) is 18.9. The molecular formula is C25H27N5OS. The Morgan fingerprint density at radius 1 is 1.09 bits per heavy atom. The van der Waals surface area contributed by atoms with Crippen LogP contribution in [-0.4, -0.2) is 27.5 Å². The van der Waals surface area contributed by atoms with Crippen LogP contribution >= 0.6 is 11.3 Å². The highest BCUT2D eigenvalue weighted by atomic mass is 32.1. The molecule has 7 heteroatoms. The molecule has 2 aromatic heterocycles. The van der Waals surface area contributed by atoms with Crippen LogP contribution in [0, 0.1) is 11.3 Å². The van der Waals surface area contributed by atoms with E-state index in [1.54, 1.807) is 6.20 Å². The molecule has 1 aliphatic heterocycles. The minimum absolute atomic E-state index is 0.280. The summed E-state index contributed by atoms with van der Waals surface area (Å²) in [4.78, 5) is 12.2. The number of anilines is 2. The zero-order valence-electron chi connectivity index (χ0n) is 18.0. The average Bonchev–Trinajstić information content (AvgIpc) is 3.58. The topological polar surface area (TPSA) is 74.1 Å². The number of ether oxygens (including phenoxy) is 1. The SMILES string of the molecule is N#Cc1cnc(Nc2cccc([C@@H]3CCCN3Cc3ccccc3OC3CCCC3)n2)s1. The highest BCUT2D eigenvalue weighted by Crippen LogP contribution is 2.35. The number of nitriles is 1. The number of para-hydroxylation sites is 1. The molecule has 1 saturated carbocycles. The van der Waals surface area contributed by atoms with Gasteiger partial charge in [0.1, 0.15) is 22.5 Å². The first-order valence-corrected chi connectivity index (χ1v) is 12.2.